The highest BCUT2D eigenvalue weighted by molar-refractivity contribution is 5.75. The van der Waals surface area contributed by atoms with E-state index in [0.29, 0.717) is 18.9 Å². The fraction of sp³-hybridized carbons (Fsp3) is 0.533. The van der Waals surface area contributed by atoms with Gasteiger partial charge in [0.25, 0.3) is 0 Å². The van der Waals surface area contributed by atoms with Crippen LogP contribution in [-0.4, -0.2) is 17.9 Å². The molecule has 1 amide bonds. The summed E-state index contributed by atoms with van der Waals surface area (Å²) in [6.07, 6.45) is 2.79. The van der Waals surface area contributed by atoms with E-state index in [9.17, 15) is 4.79 Å². The van der Waals surface area contributed by atoms with Crippen molar-refractivity contribution in [1.29, 1.82) is 0 Å². The van der Waals surface area contributed by atoms with Crippen LogP contribution < -0.4 is 0 Å². The Bertz CT molecular complexity index is 332. The summed E-state index contributed by atoms with van der Waals surface area (Å²) in [5.74, 6) is 0.928. The first-order valence-electron chi connectivity index (χ1n) is 6.37. The first-order valence-corrected chi connectivity index (χ1v) is 6.37. The number of nitrogens with zero attached hydrogens (tertiary/aromatic N) is 1. The van der Waals surface area contributed by atoms with Gasteiger partial charge in [0.2, 0.25) is 5.91 Å². The number of carbonyl (C=O) groups excluding carboxylic acids is 1. The molecule has 0 aliphatic carbocycles. The van der Waals surface area contributed by atoms with Crippen molar-refractivity contribution in [1.82, 2.24) is 4.90 Å². The summed E-state index contributed by atoms with van der Waals surface area (Å²) in [5.41, 5.74) is 1.19. The van der Waals surface area contributed by atoms with Gasteiger partial charge in [-0.25, -0.2) is 0 Å². The molecule has 0 atom stereocenters. The molecule has 0 saturated carbocycles. The standard InChI is InChI=1S/C15H23NO/c1-13(2)8-7-11-15(17)16(3)12-14-9-5-4-6-10-14/h4-6,9-10,13H,7-8,11-12H2,1-3H3. The van der Waals surface area contributed by atoms with Crippen molar-refractivity contribution in [2.24, 2.45) is 5.92 Å². The molecule has 0 aliphatic rings. The van der Waals surface area contributed by atoms with Gasteiger partial charge >= 0.3 is 0 Å². The number of rotatable bonds is 6. The quantitative estimate of drug-likeness (QED) is 0.736. The minimum Gasteiger partial charge on any atom is -0.341 e. The van der Waals surface area contributed by atoms with Crippen molar-refractivity contribution in [3.05, 3.63) is 35.9 Å². The van der Waals surface area contributed by atoms with Crippen LogP contribution in [0.1, 0.15) is 38.7 Å². The Morgan fingerprint density at radius 2 is 1.88 bits per heavy atom. The topological polar surface area (TPSA) is 20.3 Å². The third-order valence-corrected chi connectivity index (χ3v) is 2.86. The second kappa shape index (κ2) is 7.10. The molecule has 1 aromatic carbocycles. The van der Waals surface area contributed by atoms with E-state index in [4.69, 9.17) is 0 Å². The maximum Gasteiger partial charge on any atom is 0.222 e. The lowest BCUT2D eigenvalue weighted by Crippen LogP contribution is -2.25. The Hall–Kier alpha value is -1.31. The van der Waals surface area contributed by atoms with E-state index in [0.717, 1.165) is 12.8 Å². The molecule has 0 spiro atoms. The Morgan fingerprint density at radius 3 is 2.47 bits per heavy atom. The van der Waals surface area contributed by atoms with E-state index in [-0.39, 0.29) is 5.91 Å². The van der Waals surface area contributed by atoms with E-state index in [1.807, 2.05) is 30.1 Å². The molecule has 94 valence electrons. The normalized spacial score (nSPS) is 10.6. The molecule has 0 N–H and O–H groups in total. The summed E-state index contributed by atoms with van der Waals surface area (Å²) >= 11 is 0. The van der Waals surface area contributed by atoms with Crippen molar-refractivity contribution in [2.75, 3.05) is 7.05 Å². The van der Waals surface area contributed by atoms with Crippen LogP contribution in [0.25, 0.3) is 0 Å². The van der Waals surface area contributed by atoms with E-state index in [1.165, 1.54) is 5.56 Å². The predicted molar refractivity (Wildman–Crippen MR) is 71.6 cm³/mol. The van der Waals surface area contributed by atoms with Crippen LogP contribution in [0.5, 0.6) is 0 Å². The summed E-state index contributed by atoms with van der Waals surface area (Å²) < 4.78 is 0. The highest BCUT2D eigenvalue weighted by Gasteiger charge is 2.08. The van der Waals surface area contributed by atoms with Crippen LogP contribution in [0.15, 0.2) is 30.3 Å². The van der Waals surface area contributed by atoms with Gasteiger partial charge in [0.15, 0.2) is 0 Å². The van der Waals surface area contributed by atoms with Gasteiger partial charge < -0.3 is 4.90 Å². The summed E-state index contributed by atoms with van der Waals surface area (Å²) in [7, 11) is 1.88. The molecule has 17 heavy (non-hydrogen) atoms. The van der Waals surface area contributed by atoms with Crippen molar-refractivity contribution in [2.45, 2.75) is 39.7 Å². The number of amides is 1. The zero-order valence-corrected chi connectivity index (χ0v) is 11.1. The van der Waals surface area contributed by atoms with E-state index in [1.54, 1.807) is 0 Å². The molecule has 0 aromatic heterocycles. The number of hydrogen-bond acceptors (Lipinski definition) is 1. The second-order valence-electron chi connectivity index (χ2n) is 5.02. The van der Waals surface area contributed by atoms with Crippen molar-refractivity contribution >= 4 is 5.91 Å². The molecule has 2 heteroatoms. The molecular formula is C15H23NO. The van der Waals surface area contributed by atoms with Gasteiger partial charge in [-0.1, -0.05) is 50.6 Å². The number of hydrogen-bond donors (Lipinski definition) is 0. The molecule has 0 saturated heterocycles. The maximum atomic E-state index is 11.9. The lowest BCUT2D eigenvalue weighted by molar-refractivity contribution is -0.130. The molecule has 0 fully saturated rings. The SMILES string of the molecule is CC(C)CCCC(=O)N(C)Cc1ccccc1. The minimum atomic E-state index is 0.245. The summed E-state index contributed by atoms with van der Waals surface area (Å²) in [6.45, 7) is 5.09. The smallest absolute Gasteiger partial charge is 0.222 e. The third kappa shape index (κ3) is 5.53. The van der Waals surface area contributed by atoms with E-state index >= 15 is 0 Å². The summed E-state index contributed by atoms with van der Waals surface area (Å²) in [6, 6.07) is 10.1. The molecule has 0 aliphatic heterocycles. The Labute approximate surface area is 105 Å². The average Bonchev–Trinajstić information content (AvgIpc) is 2.29. The summed E-state index contributed by atoms with van der Waals surface area (Å²) in [4.78, 5) is 13.7. The van der Waals surface area contributed by atoms with Crippen LogP contribution in [0.4, 0.5) is 0 Å². The number of benzene rings is 1. The van der Waals surface area contributed by atoms with Crippen molar-refractivity contribution in [3.8, 4) is 0 Å². The van der Waals surface area contributed by atoms with E-state index < -0.39 is 0 Å². The Kier molecular flexibility index (Phi) is 5.75. The fourth-order valence-electron chi connectivity index (χ4n) is 1.80. The van der Waals surface area contributed by atoms with Crippen LogP contribution in [0.2, 0.25) is 0 Å². The molecule has 0 bridgehead atoms. The van der Waals surface area contributed by atoms with Crippen LogP contribution in [0, 0.1) is 5.92 Å². The predicted octanol–water partition coefficient (Wildman–Crippen LogP) is 3.47. The highest BCUT2D eigenvalue weighted by atomic mass is 16.2. The molecule has 0 unspecified atom stereocenters. The maximum absolute atomic E-state index is 11.9. The van der Waals surface area contributed by atoms with Crippen LogP contribution >= 0.6 is 0 Å². The van der Waals surface area contributed by atoms with Crippen LogP contribution in [0.3, 0.4) is 0 Å². The van der Waals surface area contributed by atoms with E-state index in [2.05, 4.69) is 26.0 Å². The third-order valence-electron chi connectivity index (χ3n) is 2.86. The molecule has 2 nitrogen and oxygen atoms in total. The monoisotopic (exact) mass is 233 g/mol. The highest BCUT2D eigenvalue weighted by Crippen LogP contribution is 2.09. The van der Waals surface area contributed by atoms with Gasteiger partial charge in [0.1, 0.15) is 0 Å². The average molecular weight is 233 g/mol. The largest absolute Gasteiger partial charge is 0.341 e. The van der Waals surface area contributed by atoms with Crippen LogP contribution in [-0.2, 0) is 11.3 Å². The molecule has 1 aromatic rings. The van der Waals surface area contributed by atoms with Gasteiger partial charge in [-0.15, -0.1) is 0 Å². The van der Waals surface area contributed by atoms with Gasteiger partial charge in [-0.05, 0) is 17.9 Å². The molecular weight excluding hydrogens is 210 g/mol. The van der Waals surface area contributed by atoms with Gasteiger partial charge in [-0.2, -0.15) is 0 Å². The first kappa shape index (κ1) is 13.8. The summed E-state index contributed by atoms with van der Waals surface area (Å²) in [5, 5.41) is 0. The second-order valence-corrected chi connectivity index (χ2v) is 5.02. The fourth-order valence-corrected chi connectivity index (χ4v) is 1.80. The molecule has 0 heterocycles. The minimum absolute atomic E-state index is 0.245. The van der Waals surface area contributed by atoms with Crippen molar-refractivity contribution in [3.63, 3.8) is 0 Å². The number of carbonyl (C=O) groups is 1. The molecule has 1 rings (SSSR count). The van der Waals surface area contributed by atoms with Gasteiger partial charge in [0.05, 0.1) is 0 Å². The Balaban J connectivity index is 2.32. The van der Waals surface area contributed by atoms with Crippen molar-refractivity contribution < 1.29 is 4.79 Å². The lowest BCUT2D eigenvalue weighted by Gasteiger charge is -2.17. The molecule has 0 radical (unpaired) electrons. The zero-order chi connectivity index (χ0) is 12.7. The lowest BCUT2D eigenvalue weighted by atomic mass is 10.1. The Morgan fingerprint density at radius 1 is 1.24 bits per heavy atom. The van der Waals surface area contributed by atoms with Gasteiger partial charge in [-0.3, -0.25) is 4.79 Å². The zero-order valence-electron chi connectivity index (χ0n) is 11.1. The first-order chi connectivity index (χ1) is 8.09. The van der Waals surface area contributed by atoms with Gasteiger partial charge in [0, 0.05) is 20.0 Å².